The van der Waals surface area contributed by atoms with Crippen molar-refractivity contribution in [2.24, 2.45) is 0 Å². The Morgan fingerprint density at radius 2 is 1.78 bits per heavy atom. The number of rotatable bonds is 7. The van der Waals surface area contributed by atoms with Crippen molar-refractivity contribution in [3.63, 3.8) is 0 Å². The summed E-state index contributed by atoms with van der Waals surface area (Å²) in [5.74, 6) is 0.588. The molecule has 0 saturated carbocycles. The van der Waals surface area contributed by atoms with Gasteiger partial charge in [0.25, 0.3) is 10.0 Å². The molecule has 0 aliphatic carbocycles. The number of para-hydroxylation sites is 1. The molecular weight excluding hydrogens is 369 g/mol. The van der Waals surface area contributed by atoms with E-state index in [0.717, 1.165) is 0 Å². The number of ether oxygens (including phenoxy) is 1. The Hall–Kier alpha value is -3.13. The molecule has 2 N–H and O–H groups in total. The van der Waals surface area contributed by atoms with Crippen molar-refractivity contribution in [1.82, 2.24) is 4.98 Å². The zero-order valence-electron chi connectivity index (χ0n) is 14.5. The van der Waals surface area contributed by atoms with Crippen LogP contribution in [0.5, 0.6) is 5.75 Å². The van der Waals surface area contributed by atoms with Crippen LogP contribution in [-0.4, -0.2) is 20.0 Å². The third kappa shape index (κ3) is 4.73. The highest BCUT2D eigenvalue weighted by Crippen LogP contribution is 2.21. The number of nitrogens with one attached hydrogen (secondary N) is 2. The molecule has 6 nitrogen and oxygen atoms in total. The summed E-state index contributed by atoms with van der Waals surface area (Å²) in [6.07, 6.45) is 1.36. The van der Waals surface area contributed by atoms with Gasteiger partial charge in [-0.3, -0.25) is 4.72 Å². The molecule has 0 saturated heterocycles. The number of benzene rings is 2. The molecule has 0 unspecified atom stereocenters. The highest BCUT2D eigenvalue weighted by molar-refractivity contribution is 7.92. The van der Waals surface area contributed by atoms with E-state index < -0.39 is 15.8 Å². The number of hydrogen-bond donors (Lipinski definition) is 2. The van der Waals surface area contributed by atoms with Gasteiger partial charge in [0.15, 0.2) is 0 Å². The smallest absolute Gasteiger partial charge is 0.261 e. The Bertz CT molecular complexity index is 1010. The summed E-state index contributed by atoms with van der Waals surface area (Å²) in [4.78, 5) is 4.22. The quantitative estimate of drug-likeness (QED) is 0.636. The fraction of sp³-hybridized carbons (Fsp3) is 0.105. The van der Waals surface area contributed by atoms with Crippen LogP contribution < -0.4 is 14.8 Å². The average Bonchev–Trinajstić information content (AvgIpc) is 2.66. The highest BCUT2D eigenvalue weighted by Gasteiger charge is 2.14. The Kier molecular flexibility index (Phi) is 5.56. The summed E-state index contributed by atoms with van der Waals surface area (Å²) in [5, 5.41) is 2.83. The second-order valence-electron chi connectivity index (χ2n) is 5.55. The summed E-state index contributed by atoms with van der Waals surface area (Å²) in [5.41, 5.74) is 0.579. The molecule has 0 spiro atoms. The van der Waals surface area contributed by atoms with Crippen molar-refractivity contribution in [2.45, 2.75) is 11.8 Å². The minimum absolute atomic E-state index is 0.111. The molecule has 0 atom stereocenters. The lowest BCUT2D eigenvalue weighted by molar-refractivity contribution is 0.340. The Labute approximate surface area is 157 Å². The van der Waals surface area contributed by atoms with Crippen molar-refractivity contribution < 1.29 is 17.5 Å². The minimum atomic E-state index is -3.75. The lowest BCUT2D eigenvalue weighted by Crippen LogP contribution is -2.13. The van der Waals surface area contributed by atoms with E-state index in [1.807, 2.05) is 6.92 Å². The van der Waals surface area contributed by atoms with Gasteiger partial charge in [-0.05, 0) is 55.5 Å². The average molecular weight is 387 g/mol. The molecule has 2 aromatic carbocycles. The Morgan fingerprint density at radius 3 is 2.41 bits per heavy atom. The Balaban J connectivity index is 1.70. The van der Waals surface area contributed by atoms with Crippen LogP contribution in [0.25, 0.3) is 0 Å². The van der Waals surface area contributed by atoms with E-state index in [-0.39, 0.29) is 10.6 Å². The van der Waals surface area contributed by atoms with Gasteiger partial charge < -0.3 is 10.1 Å². The predicted octanol–water partition coefficient (Wildman–Crippen LogP) is 4.16. The van der Waals surface area contributed by atoms with Gasteiger partial charge in [-0.25, -0.2) is 17.8 Å². The van der Waals surface area contributed by atoms with Crippen LogP contribution in [0.4, 0.5) is 21.6 Å². The maximum atomic E-state index is 13.7. The molecule has 0 radical (unpaired) electrons. The molecule has 0 aliphatic heterocycles. The van der Waals surface area contributed by atoms with E-state index >= 15 is 0 Å². The monoisotopic (exact) mass is 387 g/mol. The number of anilines is 3. The van der Waals surface area contributed by atoms with Crippen LogP contribution >= 0.6 is 0 Å². The molecule has 0 fully saturated rings. The standard InChI is InChI=1S/C19H18FN3O3S/c1-2-26-15-8-10-16(11-9-15)27(24,25)23-14-7-12-19(21-13-14)22-18-6-4-3-5-17(18)20/h3-13,23H,2H2,1H3,(H,21,22). The molecule has 140 valence electrons. The minimum Gasteiger partial charge on any atom is -0.494 e. The number of pyridine rings is 1. The van der Waals surface area contributed by atoms with Gasteiger partial charge in [-0.2, -0.15) is 0 Å². The second kappa shape index (κ2) is 8.05. The molecule has 1 heterocycles. The van der Waals surface area contributed by atoms with Crippen LogP contribution in [-0.2, 0) is 10.0 Å². The highest BCUT2D eigenvalue weighted by atomic mass is 32.2. The van der Waals surface area contributed by atoms with E-state index in [9.17, 15) is 12.8 Å². The zero-order valence-corrected chi connectivity index (χ0v) is 15.3. The SMILES string of the molecule is CCOc1ccc(S(=O)(=O)Nc2ccc(Nc3ccccc3F)nc2)cc1. The first-order valence-corrected chi connectivity index (χ1v) is 9.69. The number of aromatic nitrogens is 1. The molecule has 3 rings (SSSR count). The molecule has 0 aliphatic rings. The Morgan fingerprint density at radius 1 is 1.04 bits per heavy atom. The predicted molar refractivity (Wildman–Crippen MR) is 102 cm³/mol. The van der Waals surface area contributed by atoms with Gasteiger partial charge in [0.1, 0.15) is 17.4 Å². The summed E-state index contributed by atoms with van der Waals surface area (Å²) in [7, 11) is -3.75. The van der Waals surface area contributed by atoms with E-state index in [4.69, 9.17) is 4.74 Å². The number of hydrogen-bond acceptors (Lipinski definition) is 5. The maximum absolute atomic E-state index is 13.7. The maximum Gasteiger partial charge on any atom is 0.261 e. The van der Waals surface area contributed by atoms with Crippen LogP contribution in [0.3, 0.4) is 0 Å². The summed E-state index contributed by atoms with van der Waals surface area (Å²) >= 11 is 0. The lowest BCUT2D eigenvalue weighted by Gasteiger charge is -2.10. The summed E-state index contributed by atoms with van der Waals surface area (Å²) < 4.78 is 46.3. The molecule has 0 bridgehead atoms. The topological polar surface area (TPSA) is 80.3 Å². The van der Waals surface area contributed by atoms with Crippen molar-refractivity contribution in [3.05, 3.63) is 72.7 Å². The van der Waals surface area contributed by atoms with Crippen LogP contribution in [0, 0.1) is 5.82 Å². The van der Waals surface area contributed by atoms with Gasteiger partial charge in [0.2, 0.25) is 0 Å². The number of nitrogens with zero attached hydrogens (tertiary/aromatic N) is 1. The molecule has 8 heteroatoms. The first-order chi connectivity index (χ1) is 13.0. The third-order valence-electron chi connectivity index (χ3n) is 3.60. The fourth-order valence-electron chi connectivity index (χ4n) is 2.32. The number of halogens is 1. The van der Waals surface area contributed by atoms with Crippen LogP contribution in [0.15, 0.2) is 71.8 Å². The number of sulfonamides is 1. The van der Waals surface area contributed by atoms with E-state index in [1.165, 1.54) is 24.4 Å². The van der Waals surface area contributed by atoms with Gasteiger partial charge >= 0.3 is 0 Å². The van der Waals surface area contributed by atoms with Gasteiger partial charge in [0.05, 0.1) is 29.1 Å². The van der Waals surface area contributed by atoms with Crippen LogP contribution in [0.2, 0.25) is 0 Å². The molecule has 0 amide bonds. The van der Waals surface area contributed by atoms with Gasteiger partial charge in [-0.1, -0.05) is 12.1 Å². The van der Waals surface area contributed by atoms with Crippen molar-refractivity contribution in [2.75, 3.05) is 16.6 Å². The van der Waals surface area contributed by atoms with Crippen molar-refractivity contribution in [3.8, 4) is 5.75 Å². The van der Waals surface area contributed by atoms with Crippen molar-refractivity contribution in [1.29, 1.82) is 0 Å². The zero-order chi connectivity index (χ0) is 19.3. The van der Waals surface area contributed by atoms with E-state index in [2.05, 4.69) is 15.0 Å². The van der Waals surface area contributed by atoms with Gasteiger partial charge in [-0.15, -0.1) is 0 Å². The van der Waals surface area contributed by atoms with Crippen LogP contribution in [0.1, 0.15) is 6.92 Å². The molecule has 3 aromatic rings. The molecule has 27 heavy (non-hydrogen) atoms. The van der Waals surface area contributed by atoms with E-state index in [1.54, 1.807) is 42.5 Å². The molecular formula is C19H18FN3O3S. The fourth-order valence-corrected chi connectivity index (χ4v) is 3.37. The first kappa shape index (κ1) is 18.7. The molecule has 1 aromatic heterocycles. The third-order valence-corrected chi connectivity index (χ3v) is 4.99. The normalized spacial score (nSPS) is 11.0. The summed E-state index contributed by atoms with van der Waals surface area (Å²) in [6, 6.07) is 15.4. The lowest BCUT2D eigenvalue weighted by atomic mass is 10.3. The summed E-state index contributed by atoms with van der Waals surface area (Å²) in [6.45, 7) is 2.35. The largest absolute Gasteiger partial charge is 0.494 e. The van der Waals surface area contributed by atoms with E-state index in [0.29, 0.717) is 23.9 Å². The first-order valence-electron chi connectivity index (χ1n) is 8.21. The van der Waals surface area contributed by atoms with Gasteiger partial charge in [0, 0.05) is 0 Å². The second-order valence-corrected chi connectivity index (χ2v) is 7.23. The van der Waals surface area contributed by atoms with Crippen molar-refractivity contribution >= 4 is 27.2 Å².